The van der Waals surface area contributed by atoms with Gasteiger partial charge in [0.1, 0.15) is 5.75 Å². The summed E-state index contributed by atoms with van der Waals surface area (Å²) in [6.45, 7) is 5.89. The molecule has 3 unspecified atom stereocenters. The van der Waals surface area contributed by atoms with Crippen molar-refractivity contribution in [1.82, 2.24) is 0 Å². The van der Waals surface area contributed by atoms with Crippen molar-refractivity contribution < 1.29 is 10.2 Å². The lowest BCUT2D eigenvalue weighted by atomic mass is 9.73. The van der Waals surface area contributed by atoms with Gasteiger partial charge in [0, 0.05) is 0 Å². The number of benzene rings is 1. The van der Waals surface area contributed by atoms with E-state index >= 15 is 0 Å². The molecule has 2 nitrogen and oxygen atoms in total. The van der Waals surface area contributed by atoms with E-state index in [0.717, 1.165) is 43.4 Å². The fourth-order valence-corrected chi connectivity index (χ4v) is 4.21. The van der Waals surface area contributed by atoms with E-state index in [1.54, 1.807) is 0 Å². The van der Waals surface area contributed by atoms with Crippen molar-refractivity contribution in [2.45, 2.75) is 65.4 Å². The summed E-state index contributed by atoms with van der Waals surface area (Å²) >= 11 is 0. The van der Waals surface area contributed by atoms with E-state index in [1.807, 2.05) is 32.9 Å². The number of rotatable bonds is 3. The first-order valence-electron chi connectivity index (χ1n) is 8.63. The molecular formula is C19H30O2. The van der Waals surface area contributed by atoms with Crippen molar-refractivity contribution in [3.05, 3.63) is 29.3 Å². The second-order valence-corrected chi connectivity index (χ2v) is 6.51. The smallest absolute Gasteiger partial charge is 0.119 e. The Kier molecular flexibility index (Phi) is 5.69. The Morgan fingerprint density at radius 3 is 2.67 bits per heavy atom. The maximum Gasteiger partial charge on any atom is 0.119 e. The molecule has 0 aliphatic heterocycles. The Balaban J connectivity index is 0.000000774. The number of hydrogen-bond donors (Lipinski definition) is 2. The monoisotopic (exact) mass is 290 g/mol. The van der Waals surface area contributed by atoms with Crippen LogP contribution in [0.2, 0.25) is 0 Å². The van der Waals surface area contributed by atoms with Gasteiger partial charge in [0.15, 0.2) is 0 Å². The molecule has 1 fully saturated rings. The van der Waals surface area contributed by atoms with Crippen molar-refractivity contribution in [2.75, 3.05) is 0 Å². The van der Waals surface area contributed by atoms with Crippen LogP contribution in [-0.4, -0.2) is 16.3 Å². The Morgan fingerprint density at radius 2 is 1.95 bits per heavy atom. The molecular weight excluding hydrogens is 260 g/mol. The molecule has 1 aromatic rings. The lowest BCUT2D eigenvalue weighted by Crippen LogP contribution is -2.25. The Hall–Kier alpha value is -1.02. The molecule has 0 amide bonds. The molecule has 0 radical (unpaired) electrons. The maximum atomic E-state index is 9.99. The van der Waals surface area contributed by atoms with Gasteiger partial charge in [-0.25, -0.2) is 0 Å². The topological polar surface area (TPSA) is 40.5 Å². The average molecular weight is 290 g/mol. The van der Waals surface area contributed by atoms with Crippen LogP contribution in [0.15, 0.2) is 18.2 Å². The molecule has 2 aliphatic rings. The zero-order valence-corrected chi connectivity index (χ0v) is 13.7. The largest absolute Gasteiger partial charge is 0.508 e. The lowest BCUT2D eigenvalue weighted by molar-refractivity contribution is 0.163. The van der Waals surface area contributed by atoms with Crippen LogP contribution in [0.3, 0.4) is 0 Å². The molecule has 2 N–H and O–H groups in total. The summed E-state index contributed by atoms with van der Waals surface area (Å²) in [5, 5.41) is 19.5. The van der Waals surface area contributed by atoms with Crippen LogP contribution in [0.5, 0.6) is 5.75 Å². The fraction of sp³-hybridized carbons (Fsp3) is 0.684. The maximum absolute atomic E-state index is 9.99. The summed E-state index contributed by atoms with van der Waals surface area (Å²) in [6, 6.07) is 5.96. The lowest BCUT2D eigenvalue weighted by Gasteiger charge is -2.31. The normalized spacial score (nSPS) is 28.1. The first kappa shape index (κ1) is 16.4. The average Bonchev–Trinajstić information content (AvgIpc) is 2.88. The Bertz CT molecular complexity index is 453. The van der Waals surface area contributed by atoms with E-state index in [0.29, 0.717) is 5.75 Å². The van der Waals surface area contributed by atoms with Crippen molar-refractivity contribution in [2.24, 2.45) is 17.8 Å². The Labute approximate surface area is 129 Å². The van der Waals surface area contributed by atoms with Gasteiger partial charge in [0.25, 0.3) is 0 Å². The first-order chi connectivity index (χ1) is 10.1. The summed E-state index contributed by atoms with van der Waals surface area (Å²) in [7, 11) is 0. The van der Waals surface area contributed by atoms with E-state index in [2.05, 4.69) is 6.07 Å². The molecule has 1 saturated carbocycles. The van der Waals surface area contributed by atoms with Crippen LogP contribution >= 0.6 is 0 Å². The van der Waals surface area contributed by atoms with Gasteiger partial charge < -0.3 is 10.2 Å². The van der Waals surface area contributed by atoms with Crippen LogP contribution in [0.4, 0.5) is 0 Å². The van der Waals surface area contributed by atoms with Gasteiger partial charge in [-0.3, -0.25) is 0 Å². The summed E-state index contributed by atoms with van der Waals surface area (Å²) in [4.78, 5) is 0. The number of phenols is 1. The van der Waals surface area contributed by atoms with E-state index in [9.17, 15) is 10.2 Å². The van der Waals surface area contributed by atoms with Gasteiger partial charge in [0.2, 0.25) is 0 Å². The molecule has 2 aliphatic carbocycles. The summed E-state index contributed by atoms with van der Waals surface area (Å²) in [5.41, 5.74) is 2.55. The van der Waals surface area contributed by atoms with Gasteiger partial charge in [-0.1, -0.05) is 26.0 Å². The molecule has 0 bridgehead atoms. The number of phenolic OH excluding ortho intramolecular Hbond substituents is 1. The van der Waals surface area contributed by atoms with Crippen LogP contribution < -0.4 is 0 Å². The highest BCUT2D eigenvalue weighted by atomic mass is 16.3. The molecule has 0 heterocycles. The molecule has 0 spiro atoms. The molecule has 0 aromatic heterocycles. The van der Waals surface area contributed by atoms with Gasteiger partial charge in [-0.15, -0.1) is 0 Å². The predicted octanol–water partition coefficient (Wildman–Crippen LogP) is 4.32. The minimum absolute atomic E-state index is 0.168. The number of aliphatic hydroxyl groups excluding tert-OH is 1. The SMILES string of the molecule is CC.CC(O)CC[C@H]1CCC2Cc3c(O)cccc3CC21. The predicted molar refractivity (Wildman–Crippen MR) is 87.5 cm³/mol. The van der Waals surface area contributed by atoms with Crippen molar-refractivity contribution in [1.29, 1.82) is 0 Å². The highest BCUT2D eigenvalue weighted by Gasteiger charge is 2.39. The third kappa shape index (κ3) is 3.60. The van der Waals surface area contributed by atoms with Crippen LogP contribution in [0.25, 0.3) is 0 Å². The van der Waals surface area contributed by atoms with E-state index in [1.165, 1.54) is 24.0 Å². The van der Waals surface area contributed by atoms with Gasteiger partial charge in [-0.2, -0.15) is 0 Å². The first-order valence-corrected chi connectivity index (χ1v) is 8.63. The van der Waals surface area contributed by atoms with E-state index in [4.69, 9.17) is 0 Å². The zero-order chi connectivity index (χ0) is 15.4. The van der Waals surface area contributed by atoms with Crippen molar-refractivity contribution >= 4 is 0 Å². The van der Waals surface area contributed by atoms with Crippen LogP contribution in [0.1, 0.15) is 57.6 Å². The molecule has 3 rings (SSSR count). The third-order valence-corrected chi connectivity index (χ3v) is 5.24. The third-order valence-electron chi connectivity index (χ3n) is 5.24. The molecule has 1 aromatic carbocycles. The molecule has 21 heavy (non-hydrogen) atoms. The molecule has 2 heteroatoms. The van der Waals surface area contributed by atoms with Gasteiger partial charge in [0.05, 0.1) is 6.10 Å². The summed E-state index contributed by atoms with van der Waals surface area (Å²) in [5.74, 6) is 2.78. The highest BCUT2D eigenvalue weighted by molar-refractivity contribution is 5.41. The van der Waals surface area contributed by atoms with Gasteiger partial charge >= 0.3 is 0 Å². The summed E-state index contributed by atoms with van der Waals surface area (Å²) in [6.07, 6.45) is 6.70. The number of hydrogen-bond acceptors (Lipinski definition) is 2. The van der Waals surface area contributed by atoms with E-state index in [-0.39, 0.29) is 6.10 Å². The number of aliphatic hydroxyl groups is 1. The quantitative estimate of drug-likeness (QED) is 0.870. The van der Waals surface area contributed by atoms with E-state index < -0.39 is 0 Å². The van der Waals surface area contributed by atoms with Crippen molar-refractivity contribution in [3.63, 3.8) is 0 Å². The number of fused-ring (bicyclic) bond motifs is 2. The van der Waals surface area contributed by atoms with Crippen LogP contribution in [0, 0.1) is 17.8 Å². The minimum Gasteiger partial charge on any atom is -0.508 e. The van der Waals surface area contributed by atoms with Crippen molar-refractivity contribution in [3.8, 4) is 5.75 Å². The summed E-state index contributed by atoms with van der Waals surface area (Å²) < 4.78 is 0. The fourth-order valence-electron chi connectivity index (χ4n) is 4.21. The minimum atomic E-state index is -0.168. The molecule has 118 valence electrons. The van der Waals surface area contributed by atoms with Gasteiger partial charge in [-0.05, 0) is 80.4 Å². The molecule has 0 saturated heterocycles. The van der Waals surface area contributed by atoms with Crippen LogP contribution in [-0.2, 0) is 12.8 Å². The number of aromatic hydroxyl groups is 1. The highest BCUT2D eigenvalue weighted by Crippen LogP contribution is 2.47. The standard InChI is InChI=1S/C17H24O2.C2H6/c1-11(18)5-6-12-7-8-14-10-16-13(9-15(12)14)3-2-4-17(16)19;1-2/h2-4,11-12,14-15,18-19H,5-10H2,1H3;1-2H3/t11?,12-,14?,15?;/m0./s1. The second-order valence-electron chi connectivity index (χ2n) is 6.51. The zero-order valence-electron chi connectivity index (χ0n) is 13.7. The second kappa shape index (κ2) is 7.31. The Morgan fingerprint density at radius 1 is 1.19 bits per heavy atom. The molecule has 4 atom stereocenters.